The third-order valence-electron chi connectivity index (χ3n) is 5.28. The lowest BCUT2D eigenvalue weighted by Crippen LogP contribution is -2.44. The molecule has 5 N–H and O–H groups in total. The fraction of sp³-hybridized carbons (Fsp3) is 0.833. The van der Waals surface area contributed by atoms with E-state index >= 15 is 0 Å². The molecule has 0 aromatic heterocycles. The summed E-state index contributed by atoms with van der Waals surface area (Å²) in [4.78, 5) is 12.3. The van der Waals surface area contributed by atoms with Gasteiger partial charge in [0.1, 0.15) is 18.4 Å². The highest BCUT2D eigenvalue weighted by Gasteiger charge is 2.44. The topological polar surface area (TPSA) is 119 Å². The Kier molecular flexibility index (Phi) is 7.99. The van der Waals surface area contributed by atoms with Crippen molar-refractivity contribution in [2.24, 2.45) is 0 Å². The van der Waals surface area contributed by atoms with E-state index in [2.05, 4.69) is 5.32 Å². The van der Waals surface area contributed by atoms with Crippen LogP contribution in [-0.2, 0) is 9.53 Å². The number of unbranched alkanes of at least 4 members (excludes halogenated alkanes) is 1. The Morgan fingerprint density at radius 3 is 2.60 bits per heavy atom. The Bertz CT molecular complexity index is 480. The highest BCUT2D eigenvalue weighted by molar-refractivity contribution is 5.96. The second-order valence-corrected chi connectivity index (χ2v) is 6.98. The van der Waals surface area contributed by atoms with Crippen LogP contribution < -0.4 is 5.32 Å². The molecule has 25 heavy (non-hydrogen) atoms. The Hall–Kier alpha value is -0.830. The van der Waals surface area contributed by atoms with Gasteiger partial charge in [-0.3, -0.25) is 10.1 Å². The van der Waals surface area contributed by atoms with Crippen LogP contribution in [0.4, 0.5) is 0 Å². The molecule has 144 valence electrons. The Morgan fingerprint density at radius 1 is 1.20 bits per heavy atom. The lowest BCUT2D eigenvalue weighted by molar-refractivity contribution is -0.116. The minimum Gasteiger partial charge on any atom is -0.396 e. The fourth-order valence-electron chi connectivity index (χ4n) is 3.80. The van der Waals surface area contributed by atoms with Gasteiger partial charge in [-0.1, -0.05) is 5.57 Å². The van der Waals surface area contributed by atoms with Crippen LogP contribution >= 0.6 is 0 Å². The average Bonchev–Trinajstić information content (AvgIpc) is 2.89. The van der Waals surface area contributed by atoms with Crippen LogP contribution in [0.3, 0.4) is 0 Å². The molecule has 7 nitrogen and oxygen atoms in total. The largest absolute Gasteiger partial charge is 0.396 e. The number of ether oxygens (including phenoxy) is 1. The highest BCUT2D eigenvalue weighted by Crippen LogP contribution is 2.30. The van der Waals surface area contributed by atoms with Crippen molar-refractivity contribution in [3.8, 4) is 0 Å². The first kappa shape index (κ1) is 20.5. The average molecular weight is 357 g/mol. The van der Waals surface area contributed by atoms with E-state index in [1.807, 2.05) is 0 Å². The molecule has 2 rings (SSSR count). The number of aliphatic hydroxyl groups excluding tert-OH is 4. The molecule has 7 heteroatoms. The number of aliphatic hydroxyl groups is 4. The summed E-state index contributed by atoms with van der Waals surface area (Å²) in [5, 5.41) is 42.1. The van der Waals surface area contributed by atoms with E-state index in [1.165, 1.54) is 7.11 Å². The van der Waals surface area contributed by atoms with Crippen LogP contribution in [0.2, 0.25) is 0 Å². The quantitative estimate of drug-likeness (QED) is 0.369. The first-order valence-corrected chi connectivity index (χ1v) is 9.17. The predicted molar refractivity (Wildman–Crippen MR) is 91.8 cm³/mol. The summed E-state index contributed by atoms with van der Waals surface area (Å²) in [5.41, 5.74) is 1.95. The predicted octanol–water partition coefficient (Wildman–Crippen LogP) is 0.00580. The molecule has 0 aromatic rings. The van der Waals surface area contributed by atoms with E-state index in [4.69, 9.17) is 9.84 Å². The van der Waals surface area contributed by atoms with Crippen LogP contribution in [0.1, 0.15) is 51.4 Å². The van der Waals surface area contributed by atoms with Gasteiger partial charge in [0.25, 0.3) is 0 Å². The van der Waals surface area contributed by atoms with Gasteiger partial charge in [-0.25, -0.2) is 0 Å². The lowest BCUT2D eigenvalue weighted by atomic mass is 9.84. The van der Waals surface area contributed by atoms with Crippen LogP contribution in [-0.4, -0.2) is 70.5 Å². The van der Waals surface area contributed by atoms with Gasteiger partial charge in [0.15, 0.2) is 5.78 Å². The normalized spacial score (nSPS) is 31.6. The van der Waals surface area contributed by atoms with Crippen molar-refractivity contribution in [3.05, 3.63) is 11.1 Å². The molecule has 1 heterocycles. The molecule has 1 aliphatic heterocycles. The van der Waals surface area contributed by atoms with Crippen LogP contribution in [0, 0.1) is 0 Å². The van der Waals surface area contributed by atoms with Gasteiger partial charge in [-0.2, -0.15) is 0 Å². The number of ketones is 1. The van der Waals surface area contributed by atoms with Crippen molar-refractivity contribution >= 4 is 5.78 Å². The van der Waals surface area contributed by atoms with Crippen molar-refractivity contribution in [2.45, 2.75) is 81.9 Å². The zero-order valence-electron chi connectivity index (χ0n) is 14.9. The number of Topliss-reactive ketones (excluding diaryl/α,β-unsaturated/α-hetero) is 1. The maximum Gasteiger partial charge on any atom is 0.158 e. The smallest absolute Gasteiger partial charge is 0.158 e. The van der Waals surface area contributed by atoms with E-state index < -0.39 is 30.6 Å². The molecule has 0 saturated carbocycles. The monoisotopic (exact) mass is 357 g/mol. The van der Waals surface area contributed by atoms with Gasteiger partial charge in [0, 0.05) is 20.1 Å². The summed E-state index contributed by atoms with van der Waals surface area (Å²) >= 11 is 0. The number of hydrogen-bond donors (Lipinski definition) is 5. The molecule has 0 unspecified atom stereocenters. The Labute approximate surface area is 148 Å². The summed E-state index contributed by atoms with van der Waals surface area (Å²) in [5.74, 6) is 0.146. The van der Waals surface area contributed by atoms with Crippen molar-refractivity contribution in [2.75, 3.05) is 13.7 Å². The summed E-state index contributed by atoms with van der Waals surface area (Å²) < 4.78 is 5.04. The van der Waals surface area contributed by atoms with Crippen LogP contribution in [0.15, 0.2) is 11.1 Å². The second kappa shape index (κ2) is 9.75. The third-order valence-corrected chi connectivity index (χ3v) is 5.28. The summed E-state index contributed by atoms with van der Waals surface area (Å²) in [6, 6.07) is -0.683. The van der Waals surface area contributed by atoms with Gasteiger partial charge in [-0.05, 0) is 50.5 Å². The number of rotatable bonds is 9. The molecular weight excluding hydrogens is 326 g/mol. The molecule has 0 bridgehead atoms. The van der Waals surface area contributed by atoms with Crippen molar-refractivity contribution in [1.82, 2.24) is 5.32 Å². The minimum atomic E-state index is -1.11. The van der Waals surface area contributed by atoms with Crippen LogP contribution in [0.25, 0.3) is 0 Å². The van der Waals surface area contributed by atoms with E-state index in [-0.39, 0.29) is 12.4 Å². The molecule has 1 fully saturated rings. The minimum absolute atomic E-state index is 0.146. The number of carbonyl (C=O) groups excluding carboxylic acids is 1. The molecule has 0 aromatic carbocycles. The number of carbonyl (C=O) groups is 1. The van der Waals surface area contributed by atoms with Crippen LogP contribution in [0.5, 0.6) is 0 Å². The second-order valence-electron chi connectivity index (χ2n) is 6.98. The lowest BCUT2D eigenvalue weighted by Gasteiger charge is -2.24. The third kappa shape index (κ3) is 5.09. The van der Waals surface area contributed by atoms with Gasteiger partial charge in [0.05, 0.1) is 12.1 Å². The number of nitrogens with one attached hydrogen (secondary N) is 1. The molecule has 1 saturated heterocycles. The molecule has 1 aliphatic carbocycles. The number of allylic oxidation sites excluding steroid dienone is 2. The zero-order chi connectivity index (χ0) is 18.4. The van der Waals surface area contributed by atoms with Gasteiger partial charge >= 0.3 is 0 Å². The van der Waals surface area contributed by atoms with E-state index in [9.17, 15) is 20.1 Å². The standard InChI is InChI=1S/C18H31NO6/c1-25-18-17(24)16(23)15(19-18)14(22)9-8-12-11(5-2-3-10-20)6-4-7-13(12)21/h14-20,22-24H,2-10H2,1H3/t14-,15-,16-,17+,18-/m1/s1. The van der Waals surface area contributed by atoms with Crippen molar-refractivity contribution in [3.63, 3.8) is 0 Å². The first-order valence-electron chi connectivity index (χ1n) is 9.17. The summed E-state index contributed by atoms with van der Waals surface area (Å²) in [6.45, 7) is 0.156. The maximum absolute atomic E-state index is 12.3. The fourth-order valence-corrected chi connectivity index (χ4v) is 3.80. The first-order chi connectivity index (χ1) is 12.0. The van der Waals surface area contributed by atoms with E-state index in [1.54, 1.807) is 0 Å². The molecule has 0 amide bonds. The van der Waals surface area contributed by atoms with Gasteiger partial charge < -0.3 is 25.2 Å². The molecule has 2 aliphatic rings. The van der Waals surface area contributed by atoms with E-state index in [0.29, 0.717) is 19.3 Å². The summed E-state index contributed by atoms with van der Waals surface area (Å²) in [6.07, 6.45) is 1.71. The SMILES string of the molecule is CO[C@H]1N[C@H]([C@H](O)CCC2=C(CCCCO)CCCC2=O)[C@@H](O)[C@@H]1O. The number of hydrogen-bond acceptors (Lipinski definition) is 7. The Morgan fingerprint density at radius 2 is 1.96 bits per heavy atom. The van der Waals surface area contributed by atoms with Gasteiger partial charge in [-0.15, -0.1) is 0 Å². The molecule has 0 radical (unpaired) electrons. The van der Waals surface area contributed by atoms with Crippen molar-refractivity contribution < 1.29 is 30.0 Å². The maximum atomic E-state index is 12.3. The molecule has 0 spiro atoms. The Balaban J connectivity index is 1.96. The van der Waals surface area contributed by atoms with Gasteiger partial charge in [0.2, 0.25) is 0 Å². The van der Waals surface area contributed by atoms with Crippen molar-refractivity contribution in [1.29, 1.82) is 0 Å². The number of methoxy groups -OCH3 is 1. The highest BCUT2D eigenvalue weighted by atomic mass is 16.5. The summed E-state index contributed by atoms with van der Waals surface area (Å²) in [7, 11) is 1.42. The zero-order valence-corrected chi connectivity index (χ0v) is 14.9. The van der Waals surface area contributed by atoms with E-state index in [0.717, 1.165) is 43.3 Å². The molecular formula is C18H31NO6. The molecule has 5 atom stereocenters.